The Kier molecular flexibility index (Phi) is 5.40. The molecule has 2 N–H and O–H groups in total. The molecule has 0 atom stereocenters. The highest BCUT2D eigenvalue weighted by molar-refractivity contribution is 7.99. The molecule has 0 saturated heterocycles. The summed E-state index contributed by atoms with van der Waals surface area (Å²) in [6, 6.07) is 0. The van der Waals surface area contributed by atoms with E-state index in [0.29, 0.717) is 28.8 Å². The van der Waals surface area contributed by atoms with E-state index >= 15 is 0 Å². The predicted molar refractivity (Wildman–Crippen MR) is 71.1 cm³/mol. The number of hydrogen-bond acceptors (Lipinski definition) is 4. The molecule has 0 radical (unpaired) electrons. The van der Waals surface area contributed by atoms with Crippen LogP contribution in [0, 0.1) is 12.8 Å². The van der Waals surface area contributed by atoms with E-state index in [4.69, 9.17) is 5.11 Å². The lowest BCUT2D eigenvalue weighted by Crippen LogP contribution is -2.18. The molecule has 0 spiro atoms. The number of thioether (sulfide) groups is 1. The maximum atomic E-state index is 11.9. The Bertz CT molecular complexity index is 483. The normalized spacial score (nSPS) is 10.9. The molecule has 0 aliphatic heterocycles. The van der Waals surface area contributed by atoms with E-state index < -0.39 is 5.97 Å². The number of carboxylic acids is 1. The van der Waals surface area contributed by atoms with Crippen LogP contribution in [0.5, 0.6) is 0 Å². The van der Waals surface area contributed by atoms with Crippen molar-refractivity contribution in [2.75, 3.05) is 5.75 Å². The zero-order valence-electron chi connectivity index (χ0n) is 10.8. The number of hydrogen-bond donors (Lipinski definition) is 2. The van der Waals surface area contributed by atoms with Crippen LogP contribution < -0.4 is 5.56 Å². The number of aliphatic carboxylic acids is 1. The third kappa shape index (κ3) is 4.52. The molecule has 0 saturated carbocycles. The van der Waals surface area contributed by atoms with Crippen LogP contribution in [-0.4, -0.2) is 26.8 Å². The SMILES string of the molecule is Cc1nc(SCC(=O)O)[nH]c(=O)c1CCC(C)C. The van der Waals surface area contributed by atoms with Gasteiger partial charge >= 0.3 is 5.97 Å². The summed E-state index contributed by atoms with van der Waals surface area (Å²) < 4.78 is 0. The van der Waals surface area contributed by atoms with Crippen LogP contribution in [0.4, 0.5) is 0 Å². The molecule has 0 aliphatic rings. The molecule has 5 nitrogen and oxygen atoms in total. The summed E-state index contributed by atoms with van der Waals surface area (Å²) in [5, 5.41) is 8.94. The lowest BCUT2D eigenvalue weighted by atomic mass is 10.0. The fourth-order valence-electron chi connectivity index (χ4n) is 1.51. The van der Waals surface area contributed by atoms with Gasteiger partial charge in [0.05, 0.1) is 5.75 Å². The summed E-state index contributed by atoms with van der Waals surface area (Å²) in [6.45, 7) is 6.00. The van der Waals surface area contributed by atoms with Crippen LogP contribution in [0.15, 0.2) is 9.95 Å². The average Bonchev–Trinajstić information content (AvgIpc) is 2.24. The van der Waals surface area contributed by atoms with Gasteiger partial charge in [-0.05, 0) is 25.7 Å². The predicted octanol–water partition coefficient (Wildman–Crippen LogP) is 1.84. The highest BCUT2D eigenvalue weighted by Gasteiger charge is 2.10. The molecule has 0 aromatic carbocycles. The van der Waals surface area contributed by atoms with Gasteiger partial charge in [0.25, 0.3) is 5.56 Å². The molecule has 6 heteroatoms. The fourth-order valence-corrected chi connectivity index (χ4v) is 2.14. The van der Waals surface area contributed by atoms with Crippen molar-refractivity contribution < 1.29 is 9.90 Å². The van der Waals surface area contributed by atoms with Gasteiger partial charge < -0.3 is 10.1 Å². The van der Waals surface area contributed by atoms with Crippen molar-refractivity contribution in [3.05, 3.63) is 21.6 Å². The number of H-pyrrole nitrogens is 1. The van der Waals surface area contributed by atoms with E-state index in [9.17, 15) is 9.59 Å². The Balaban J connectivity index is 2.84. The van der Waals surface area contributed by atoms with Crippen molar-refractivity contribution in [3.8, 4) is 0 Å². The Hall–Kier alpha value is -1.30. The molecular formula is C12H18N2O3S. The van der Waals surface area contributed by atoms with Gasteiger partial charge in [0.1, 0.15) is 0 Å². The number of carboxylic acid groups (broad SMARTS) is 1. The van der Waals surface area contributed by atoms with Crippen molar-refractivity contribution in [3.63, 3.8) is 0 Å². The van der Waals surface area contributed by atoms with Gasteiger partial charge in [0, 0.05) is 11.3 Å². The molecular weight excluding hydrogens is 252 g/mol. The van der Waals surface area contributed by atoms with Crippen molar-refractivity contribution in [1.29, 1.82) is 0 Å². The van der Waals surface area contributed by atoms with E-state index in [-0.39, 0.29) is 11.3 Å². The molecule has 0 unspecified atom stereocenters. The maximum absolute atomic E-state index is 11.9. The lowest BCUT2D eigenvalue weighted by molar-refractivity contribution is -0.133. The summed E-state index contributed by atoms with van der Waals surface area (Å²) in [7, 11) is 0. The van der Waals surface area contributed by atoms with Gasteiger partial charge in [-0.3, -0.25) is 9.59 Å². The number of nitrogens with zero attached hydrogens (tertiary/aromatic N) is 1. The molecule has 0 bridgehead atoms. The number of rotatable bonds is 6. The summed E-state index contributed by atoms with van der Waals surface area (Å²) >= 11 is 1.02. The van der Waals surface area contributed by atoms with Crippen LogP contribution in [-0.2, 0) is 11.2 Å². The third-order valence-corrected chi connectivity index (χ3v) is 3.36. The number of aryl methyl sites for hydroxylation is 1. The molecule has 0 aliphatic carbocycles. The van der Waals surface area contributed by atoms with E-state index in [2.05, 4.69) is 23.8 Å². The highest BCUT2D eigenvalue weighted by atomic mass is 32.2. The third-order valence-electron chi connectivity index (χ3n) is 2.50. The van der Waals surface area contributed by atoms with Crippen molar-refractivity contribution in [2.24, 2.45) is 5.92 Å². The Labute approximate surface area is 110 Å². The zero-order valence-corrected chi connectivity index (χ0v) is 11.6. The smallest absolute Gasteiger partial charge is 0.313 e. The zero-order chi connectivity index (χ0) is 13.7. The minimum absolute atomic E-state index is 0.103. The van der Waals surface area contributed by atoms with Crippen molar-refractivity contribution in [2.45, 2.75) is 38.8 Å². The first-order chi connectivity index (χ1) is 8.40. The van der Waals surface area contributed by atoms with Crippen molar-refractivity contribution >= 4 is 17.7 Å². The van der Waals surface area contributed by atoms with Gasteiger partial charge in [0.2, 0.25) is 0 Å². The highest BCUT2D eigenvalue weighted by Crippen LogP contribution is 2.14. The first kappa shape index (κ1) is 14.8. The fraction of sp³-hybridized carbons (Fsp3) is 0.583. The van der Waals surface area contributed by atoms with Crippen molar-refractivity contribution in [1.82, 2.24) is 9.97 Å². The van der Waals surface area contributed by atoms with Crippen LogP contribution in [0.25, 0.3) is 0 Å². The maximum Gasteiger partial charge on any atom is 0.313 e. The molecule has 1 heterocycles. The van der Waals surface area contributed by atoms with Gasteiger partial charge in [-0.25, -0.2) is 4.98 Å². The first-order valence-corrected chi connectivity index (χ1v) is 6.83. The summed E-state index contributed by atoms with van der Waals surface area (Å²) in [5.41, 5.74) is 1.23. The number of aromatic nitrogens is 2. The second-order valence-corrected chi connectivity index (χ2v) is 5.51. The molecule has 1 aromatic heterocycles. The standard InChI is InChI=1S/C12H18N2O3S/c1-7(2)4-5-9-8(3)13-12(14-11(9)17)18-6-10(15)16/h7H,4-6H2,1-3H3,(H,15,16)(H,13,14,17). The molecule has 18 heavy (non-hydrogen) atoms. The Morgan fingerprint density at radius 3 is 2.67 bits per heavy atom. The van der Waals surface area contributed by atoms with Gasteiger partial charge in [-0.1, -0.05) is 25.6 Å². The quantitative estimate of drug-likeness (QED) is 0.609. The second kappa shape index (κ2) is 6.58. The van der Waals surface area contributed by atoms with Gasteiger partial charge in [0.15, 0.2) is 5.16 Å². The van der Waals surface area contributed by atoms with Gasteiger partial charge in [-0.2, -0.15) is 0 Å². The van der Waals surface area contributed by atoms with E-state index in [1.54, 1.807) is 6.92 Å². The van der Waals surface area contributed by atoms with Crippen LogP contribution >= 0.6 is 11.8 Å². The van der Waals surface area contributed by atoms with E-state index in [1.165, 1.54) is 0 Å². The van der Waals surface area contributed by atoms with Gasteiger partial charge in [-0.15, -0.1) is 0 Å². The van der Waals surface area contributed by atoms with Crippen LogP contribution in [0.1, 0.15) is 31.5 Å². The topological polar surface area (TPSA) is 83.0 Å². The second-order valence-electron chi connectivity index (χ2n) is 4.55. The number of aromatic amines is 1. The molecule has 100 valence electrons. The summed E-state index contributed by atoms with van der Waals surface area (Å²) in [5.74, 6) is -0.498. The lowest BCUT2D eigenvalue weighted by Gasteiger charge is -2.07. The van der Waals surface area contributed by atoms with E-state index in [0.717, 1.165) is 18.2 Å². The Morgan fingerprint density at radius 2 is 2.17 bits per heavy atom. The van der Waals surface area contributed by atoms with Crippen LogP contribution in [0.2, 0.25) is 0 Å². The number of nitrogens with one attached hydrogen (secondary N) is 1. The largest absolute Gasteiger partial charge is 0.481 e. The number of carbonyl (C=O) groups is 1. The monoisotopic (exact) mass is 270 g/mol. The van der Waals surface area contributed by atoms with Crippen LogP contribution in [0.3, 0.4) is 0 Å². The minimum atomic E-state index is -0.927. The van der Waals surface area contributed by atoms with E-state index in [1.807, 2.05) is 0 Å². The minimum Gasteiger partial charge on any atom is -0.481 e. The summed E-state index contributed by atoms with van der Waals surface area (Å²) in [6.07, 6.45) is 1.64. The Morgan fingerprint density at radius 1 is 1.50 bits per heavy atom. The average molecular weight is 270 g/mol. The summed E-state index contributed by atoms with van der Waals surface area (Å²) in [4.78, 5) is 29.2. The molecule has 0 amide bonds. The molecule has 0 fully saturated rings. The molecule has 1 rings (SSSR count). The first-order valence-electron chi connectivity index (χ1n) is 5.84. The molecule has 1 aromatic rings.